The van der Waals surface area contributed by atoms with Gasteiger partial charge in [-0.2, -0.15) is 5.26 Å². The minimum Gasteiger partial charge on any atom is -0.192 e. The second-order valence-corrected chi connectivity index (χ2v) is 4.45. The van der Waals surface area contributed by atoms with E-state index >= 15 is 0 Å². The Kier molecular flexibility index (Phi) is 3.71. The highest BCUT2D eigenvalue weighted by Gasteiger charge is 2.10. The van der Waals surface area contributed by atoms with Gasteiger partial charge in [-0.25, -0.2) is 0 Å². The molecule has 0 aliphatic rings. The molecule has 0 aliphatic carbocycles. The lowest BCUT2D eigenvalue weighted by molar-refractivity contribution is 0.854. The van der Waals surface area contributed by atoms with Gasteiger partial charge in [-0.1, -0.05) is 36.7 Å². The second kappa shape index (κ2) is 4.61. The van der Waals surface area contributed by atoms with E-state index in [9.17, 15) is 0 Å². The first-order chi connectivity index (χ1) is 6.60. The minimum absolute atomic E-state index is 0.447. The Bertz CT molecular complexity index is 375. The summed E-state index contributed by atoms with van der Waals surface area (Å²) in [5.74, 6) is 0.447. The summed E-state index contributed by atoms with van der Waals surface area (Å²) in [5, 5.41) is 8.89. The van der Waals surface area contributed by atoms with E-state index < -0.39 is 0 Å². The smallest absolute Gasteiger partial charge is 0.0991 e. The molecule has 0 aliphatic heterocycles. The molecular formula is C12H14BrN. The van der Waals surface area contributed by atoms with E-state index in [2.05, 4.69) is 42.8 Å². The van der Waals surface area contributed by atoms with Crippen LogP contribution < -0.4 is 0 Å². The van der Waals surface area contributed by atoms with Crippen molar-refractivity contribution in [3.63, 3.8) is 0 Å². The molecule has 0 bridgehead atoms. The Morgan fingerprint density at radius 1 is 1.43 bits per heavy atom. The number of hydrogen-bond acceptors (Lipinski definition) is 1. The van der Waals surface area contributed by atoms with E-state index in [-0.39, 0.29) is 0 Å². The van der Waals surface area contributed by atoms with Crippen LogP contribution in [0.4, 0.5) is 0 Å². The van der Waals surface area contributed by atoms with Crippen LogP contribution in [-0.2, 0) is 6.42 Å². The van der Waals surface area contributed by atoms with Crippen LogP contribution in [0.25, 0.3) is 0 Å². The molecule has 0 saturated heterocycles. The first-order valence-electron chi connectivity index (χ1n) is 4.82. The monoisotopic (exact) mass is 251 g/mol. The number of rotatable bonds is 2. The van der Waals surface area contributed by atoms with Crippen molar-refractivity contribution in [3.8, 4) is 6.07 Å². The molecule has 0 N–H and O–H groups in total. The first-order valence-corrected chi connectivity index (χ1v) is 5.61. The highest BCUT2D eigenvalue weighted by atomic mass is 79.9. The van der Waals surface area contributed by atoms with Crippen LogP contribution >= 0.6 is 15.9 Å². The third-order valence-corrected chi connectivity index (χ3v) is 3.28. The zero-order chi connectivity index (χ0) is 10.7. The van der Waals surface area contributed by atoms with E-state index in [0.717, 1.165) is 16.5 Å². The minimum atomic E-state index is 0.447. The van der Waals surface area contributed by atoms with Gasteiger partial charge in [0.25, 0.3) is 0 Å². The molecule has 0 spiro atoms. The summed E-state index contributed by atoms with van der Waals surface area (Å²) < 4.78 is 1.16. The predicted molar refractivity (Wildman–Crippen MR) is 62.3 cm³/mol. The first kappa shape index (κ1) is 11.3. The Balaban J connectivity index is 3.36. The van der Waals surface area contributed by atoms with Crippen LogP contribution in [0.15, 0.2) is 16.6 Å². The van der Waals surface area contributed by atoms with Crippen molar-refractivity contribution in [1.82, 2.24) is 0 Å². The molecule has 0 radical (unpaired) electrons. The van der Waals surface area contributed by atoms with Crippen LogP contribution in [0, 0.1) is 11.3 Å². The highest BCUT2D eigenvalue weighted by Crippen LogP contribution is 2.29. The van der Waals surface area contributed by atoms with Crippen molar-refractivity contribution in [3.05, 3.63) is 33.3 Å². The average Bonchev–Trinajstić information content (AvgIpc) is 2.17. The second-order valence-electron chi connectivity index (χ2n) is 3.66. The highest BCUT2D eigenvalue weighted by molar-refractivity contribution is 9.10. The fourth-order valence-corrected chi connectivity index (χ4v) is 2.42. The summed E-state index contributed by atoms with van der Waals surface area (Å²) in [5.41, 5.74) is 3.20. The summed E-state index contributed by atoms with van der Waals surface area (Å²) in [7, 11) is 0. The van der Waals surface area contributed by atoms with E-state index in [1.807, 2.05) is 12.1 Å². The number of aryl methyl sites for hydroxylation is 1. The SMILES string of the molecule is CCc1cc(C#N)cc(C(C)C)c1Br. The molecule has 0 atom stereocenters. The molecule has 14 heavy (non-hydrogen) atoms. The van der Waals surface area contributed by atoms with Gasteiger partial charge in [0.2, 0.25) is 0 Å². The molecule has 1 aromatic carbocycles. The van der Waals surface area contributed by atoms with E-state index in [1.165, 1.54) is 11.1 Å². The third kappa shape index (κ3) is 2.16. The van der Waals surface area contributed by atoms with Gasteiger partial charge >= 0.3 is 0 Å². The van der Waals surface area contributed by atoms with Gasteiger partial charge in [0.05, 0.1) is 11.6 Å². The standard InChI is InChI=1S/C12H14BrN/c1-4-10-5-9(7-14)6-11(8(2)3)12(10)13/h5-6,8H,4H2,1-3H3. The maximum Gasteiger partial charge on any atom is 0.0991 e. The molecule has 0 unspecified atom stereocenters. The van der Waals surface area contributed by atoms with Crippen molar-refractivity contribution in [1.29, 1.82) is 5.26 Å². The average molecular weight is 252 g/mol. The Labute approximate surface area is 93.9 Å². The fraction of sp³-hybridized carbons (Fsp3) is 0.417. The van der Waals surface area contributed by atoms with E-state index in [1.54, 1.807) is 0 Å². The zero-order valence-corrected chi connectivity index (χ0v) is 10.4. The molecule has 1 rings (SSSR count). The molecule has 0 fully saturated rings. The lowest BCUT2D eigenvalue weighted by atomic mass is 9.97. The van der Waals surface area contributed by atoms with Crippen molar-refractivity contribution in [2.24, 2.45) is 0 Å². The molecule has 74 valence electrons. The van der Waals surface area contributed by atoms with Gasteiger partial charge in [0.15, 0.2) is 0 Å². The van der Waals surface area contributed by atoms with Crippen LogP contribution in [0.1, 0.15) is 43.4 Å². The van der Waals surface area contributed by atoms with Gasteiger partial charge in [0, 0.05) is 4.47 Å². The normalized spacial score (nSPS) is 10.3. The molecule has 2 heteroatoms. The van der Waals surface area contributed by atoms with E-state index in [0.29, 0.717) is 5.92 Å². The van der Waals surface area contributed by atoms with Crippen LogP contribution in [-0.4, -0.2) is 0 Å². The molecule has 1 nitrogen and oxygen atoms in total. The maximum atomic E-state index is 8.89. The molecule has 0 amide bonds. The van der Waals surface area contributed by atoms with Crippen molar-refractivity contribution in [2.45, 2.75) is 33.1 Å². The lowest BCUT2D eigenvalue weighted by Crippen LogP contribution is -1.95. The van der Waals surface area contributed by atoms with Gasteiger partial charge in [-0.05, 0) is 35.6 Å². The summed E-state index contributed by atoms with van der Waals surface area (Å²) in [4.78, 5) is 0. The molecule has 0 saturated carbocycles. The summed E-state index contributed by atoms with van der Waals surface area (Å²) in [6.07, 6.45) is 0.954. The fourth-order valence-electron chi connectivity index (χ4n) is 1.45. The van der Waals surface area contributed by atoms with Crippen molar-refractivity contribution < 1.29 is 0 Å². The Morgan fingerprint density at radius 3 is 2.50 bits per heavy atom. The molecular weight excluding hydrogens is 238 g/mol. The predicted octanol–water partition coefficient (Wildman–Crippen LogP) is 4.01. The Morgan fingerprint density at radius 2 is 2.07 bits per heavy atom. The summed E-state index contributed by atoms with van der Waals surface area (Å²) in [6.45, 7) is 6.38. The third-order valence-electron chi connectivity index (χ3n) is 2.31. The van der Waals surface area contributed by atoms with Gasteiger partial charge in [-0.3, -0.25) is 0 Å². The number of benzene rings is 1. The number of nitrogens with zero attached hydrogens (tertiary/aromatic N) is 1. The van der Waals surface area contributed by atoms with Crippen LogP contribution in [0.5, 0.6) is 0 Å². The quantitative estimate of drug-likeness (QED) is 0.780. The van der Waals surface area contributed by atoms with Gasteiger partial charge in [0.1, 0.15) is 0 Å². The number of nitriles is 1. The van der Waals surface area contributed by atoms with Gasteiger partial charge in [-0.15, -0.1) is 0 Å². The van der Waals surface area contributed by atoms with Crippen molar-refractivity contribution in [2.75, 3.05) is 0 Å². The molecule has 0 aromatic heterocycles. The Hall–Kier alpha value is -0.810. The van der Waals surface area contributed by atoms with Crippen LogP contribution in [0.3, 0.4) is 0 Å². The summed E-state index contributed by atoms with van der Waals surface area (Å²) in [6, 6.07) is 6.12. The van der Waals surface area contributed by atoms with Crippen molar-refractivity contribution >= 4 is 15.9 Å². The van der Waals surface area contributed by atoms with Crippen LogP contribution in [0.2, 0.25) is 0 Å². The lowest BCUT2D eigenvalue weighted by Gasteiger charge is -2.12. The zero-order valence-electron chi connectivity index (χ0n) is 8.76. The number of halogens is 1. The topological polar surface area (TPSA) is 23.8 Å². The molecule has 1 aromatic rings. The van der Waals surface area contributed by atoms with Gasteiger partial charge < -0.3 is 0 Å². The number of hydrogen-bond donors (Lipinski definition) is 0. The maximum absolute atomic E-state index is 8.89. The largest absolute Gasteiger partial charge is 0.192 e. The molecule has 0 heterocycles. The van der Waals surface area contributed by atoms with E-state index in [4.69, 9.17) is 5.26 Å². The summed E-state index contributed by atoms with van der Waals surface area (Å²) >= 11 is 3.60.